The maximum absolute atomic E-state index is 13.6. The van der Waals surface area contributed by atoms with Gasteiger partial charge in [0.15, 0.2) is 5.82 Å². The van der Waals surface area contributed by atoms with Crippen LogP contribution >= 0.6 is 0 Å². The summed E-state index contributed by atoms with van der Waals surface area (Å²) in [6, 6.07) is 18.6. The van der Waals surface area contributed by atoms with E-state index in [0.717, 1.165) is 6.54 Å². The van der Waals surface area contributed by atoms with Gasteiger partial charge in [-0.3, -0.25) is 4.79 Å². The number of nitrogens with zero attached hydrogens (tertiary/aromatic N) is 5. The molecule has 1 saturated heterocycles. The number of halogens is 1. The minimum Gasteiger partial charge on any atom is -0.365 e. The minimum absolute atomic E-state index is 0.0530. The van der Waals surface area contributed by atoms with Crippen molar-refractivity contribution >= 4 is 11.6 Å². The number of hydrogen-bond acceptors (Lipinski definition) is 3. The number of carbonyl (C=O) groups is 1. The number of rotatable bonds is 4. The van der Waals surface area contributed by atoms with Crippen molar-refractivity contribution in [3.8, 4) is 11.5 Å². The van der Waals surface area contributed by atoms with Gasteiger partial charge in [0.2, 0.25) is 0 Å². The molecule has 5 rings (SSSR count). The van der Waals surface area contributed by atoms with Crippen molar-refractivity contribution in [3.63, 3.8) is 0 Å². The summed E-state index contributed by atoms with van der Waals surface area (Å²) in [5.41, 5.74) is 3.62. The van der Waals surface area contributed by atoms with Gasteiger partial charge >= 0.3 is 0 Å². The molecule has 1 aliphatic heterocycles. The third-order valence-corrected chi connectivity index (χ3v) is 6.14. The molecule has 6 nitrogen and oxygen atoms in total. The van der Waals surface area contributed by atoms with Gasteiger partial charge in [0.05, 0.1) is 11.9 Å². The Morgan fingerprint density at radius 1 is 1.00 bits per heavy atom. The predicted octanol–water partition coefficient (Wildman–Crippen LogP) is 4.46. The molecule has 7 heteroatoms. The Balaban J connectivity index is 1.44. The van der Waals surface area contributed by atoms with Gasteiger partial charge in [0, 0.05) is 43.8 Å². The molecule has 168 valence electrons. The summed E-state index contributed by atoms with van der Waals surface area (Å²) in [6.07, 6.45) is 5.37. The number of carbonyl (C=O) groups excluding carboxylic acids is 1. The molecule has 3 heterocycles. The summed E-state index contributed by atoms with van der Waals surface area (Å²) in [5, 5.41) is 4.49. The number of anilines is 1. The van der Waals surface area contributed by atoms with E-state index in [1.165, 1.54) is 23.4 Å². The summed E-state index contributed by atoms with van der Waals surface area (Å²) in [6.45, 7) is 6.26. The van der Waals surface area contributed by atoms with Crippen molar-refractivity contribution in [1.82, 2.24) is 19.2 Å². The molecule has 0 bridgehead atoms. The molecule has 0 unspecified atom stereocenters. The van der Waals surface area contributed by atoms with Gasteiger partial charge in [-0.25, -0.2) is 9.07 Å². The highest BCUT2D eigenvalue weighted by atomic mass is 19.1. The molecule has 2 aromatic carbocycles. The summed E-state index contributed by atoms with van der Waals surface area (Å²) in [4.78, 5) is 17.9. The fraction of sp³-hybridized carbons (Fsp3) is 0.231. The highest BCUT2D eigenvalue weighted by Crippen LogP contribution is 2.25. The summed E-state index contributed by atoms with van der Waals surface area (Å²) >= 11 is 0. The van der Waals surface area contributed by atoms with Gasteiger partial charge in [0.1, 0.15) is 11.4 Å². The molecule has 1 aliphatic rings. The normalized spacial score (nSPS) is 16.3. The van der Waals surface area contributed by atoms with E-state index in [1.807, 2.05) is 34.0 Å². The molecule has 1 amide bonds. The lowest BCUT2D eigenvalue weighted by Crippen LogP contribution is -2.53. The molecule has 1 fully saturated rings. The zero-order valence-electron chi connectivity index (χ0n) is 18.7. The summed E-state index contributed by atoms with van der Waals surface area (Å²) in [5.74, 6) is 0.276. The lowest BCUT2D eigenvalue weighted by atomic mass is 10.1. The molecule has 0 N–H and O–H groups in total. The van der Waals surface area contributed by atoms with E-state index in [0.29, 0.717) is 30.2 Å². The molecule has 0 aliphatic carbocycles. The lowest BCUT2D eigenvalue weighted by molar-refractivity contribution is 0.0726. The number of hydrogen-bond donors (Lipinski definition) is 0. The van der Waals surface area contributed by atoms with Crippen LogP contribution in [0.4, 0.5) is 10.1 Å². The molecule has 0 radical (unpaired) electrons. The van der Waals surface area contributed by atoms with Crippen LogP contribution in [0.1, 0.15) is 22.8 Å². The quantitative estimate of drug-likeness (QED) is 0.468. The first-order valence-corrected chi connectivity index (χ1v) is 11.1. The zero-order chi connectivity index (χ0) is 22.9. The monoisotopic (exact) mass is 443 g/mol. The van der Waals surface area contributed by atoms with Gasteiger partial charge < -0.3 is 14.4 Å². The third-order valence-electron chi connectivity index (χ3n) is 6.14. The summed E-state index contributed by atoms with van der Waals surface area (Å²) < 4.78 is 17.0. The average Bonchev–Trinajstić information content (AvgIpc) is 3.49. The van der Waals surface area contributed by atoms with Crippen molar-refractivity contribution in [2.75, 3.05) is 24.5 Å². The second-order valence-corrected chi connectivity index (χ2v) is 8.49. The Bertz CT molecular complexity index is 1260. The zero-order valence-corrected chi connectivity index (χ0v) is 18.7. The maximum atomic E-state index is 13.6. The predicted molar refractivity (Wildman–Crippen MR) is 127 cm³/mol. The first-order chi connectivity index (χ1) is 16.0. The van der Waals surface area contributed by atoms with Crippen LogP contribution in [-0.4, -0.2) is 50.8 Å². The van der Waals surface area contributed by atoms with Crippen LogP contribution in [0.5, 0.6) is 0 Å². The minimum atomic E-state index is -0.315. The van der Waals surface area contributed by atoms with E-state index in [-0.39, 0.29) is 17.8 Å². The largest absolute Gasteiger partial charge is 0.365 e. The standard InChI is InChI=1S/C26H26FN5O/c1-19-6-5-7-23(16-19)31-15-14-30(18-20(31)2)26(33)24-17-28-32(22-10-8-21(27)9-11-22)25(24)29-12-3-4-13-29/h3-13,16-17,20H,14-15,18H2,1-2H3/t20-/m1/s1. The second-order valence-electron chi connectivity index (χ2n) is 8.49. The summed E-state index contributed by atoms with van der Waals surface area (Å²) in [7, 11) is 0. The third kappa shape index (κ3) is 4.02. The van der Waals surface area contributed by atoms with E-state index in [4.69, 9.17) is 0 Å². The van der Waals surface area contributed by atoms with Crippen molar-refractivity contribution in [2.24, 2.45) is 0 Å². The molecule has 2 aromatic heterocycles. The Labute approximate surface area is 192 Å². The van der Waals surface area contributed by atoms with Crippen LogP contribution < -0.4 is 4.90 Å². The van der Waals surface area contributed by atoms with Crippen molar-refractivity contribution in [1.29, 1.82) is 0 Å². The van der Waals surface area contributed by atoms with E-state index >= 15 is 0 Å². The van der Waals surface area contributed by atoms with E-state index < -0.39 is 0 Å². The lowest BCUT2D eigenvalue weighted by Gasteiger charge is -2.41. The number of benzene rings is 2. The van der Waals surface area contributed by atoms with Gasteiger partial charge in [-0.15, -0.1) is 0 Å². The van der Waals surface area contributed by atoms with Gasteiger partial charge in [0.25, 0.3) is 5.91 Å². The Morgan fingerprint density at radius 3 is 2.45 bits per heavy atom. The highest BCUT2D eigenvalue weighted by molar-refractivity contribution is 5.97. The molecule has 4 aromatic rings. The first kappa shape index (κ1) is 21.0. The molecule has 0 saturated carbocycles. The molecule has 0 spiro atoms. The topological polar surface area (TPSA) is 46.3 Å². The van der Waals surface area contributed by atoms with Crippen LogP contribution in [-0.2, 0) is 0 Å². The Morgan fingerprint density at radius 2 is 1.76 bits per heavy atom. The molecule has 33 heavy (non-hydrogen) atoms. The van der Waals surface area contributed by atoms with Crippen LogP contribution in [0.3, 0.4) is 0 Å². The Kier molecular flexibility index (Phi) is 5.46. The van der Waals surface area contributed by atoms with E-state index in [1.54, 1.807) is 23.0 Å². The van der Waals surface area contributed by atoms with E-state index in [2.05, 4.69) is 48.1 Å². The van der Waals surface area contributed by atoms with Crippen LogP contribution in [0.25, 0.3) is 11.5 Å². The van der Waals surface area contributed by atoms with E-state index in [9.17, 15) is 9.18 Å². The molecular weight excluding hydrogens is 417 g/mol. The average molecular weight is 444 g/mol. The van der Waals surface area contributed by atoms with Crippen molar-refractivity contribution in [3.05, 3.63) is 96.2 Å². The van der Waals surface area contributed by atoms with Gasteiger partial charge in [-0.05, 0) is 67.9 Å². The fourth-order valence-electron chi connectivity index (χ4n) is 4.49. The second kappa shape index (κ2) is 8.58. The smallest absolute Gasteiger partial charge is 0.259 e. The number of aromatic nitrogens is 3. The maximum Gasteiger partial charge on any atom is 0.259 e. The van der Waals surface area contributed by atoms with Crippen LogP contribution in [0.2, 0.25) is 0 Å². The SMILES string of the molecule is Cc1cccc(N2CCN(C(=O)c3cnn(-c4ccc(F)cc4)c3-n3cccc3)C[C@H]2C)c1. The van der Waals surface area contributed by atoms with Gasteiger partial charge in [-0.1, -0.05) is 12.1 Å². The van der Waals surface area contributed by atoms with Crippen LogP contribution in [0.15, 0.2) is 79.3 Å². The van der Waals surface area contributed by atoms with Crippen LogP contribution in [0, 0.1) is 12.7 Å². The first-order valence-electron chi connectivity index (χ1n) is 11.1. The molecule has 1 atom stereocenters. The van der Waals surface area contributed by atoms with Crippen molar-refractivity contribution in [2.45, 2.75) is 19.9 Å². The fourth-order valence-corrected chi connectivity index (χ4v) is 4.49. The number of piperazine rings is 1. The highest BCUT2D eigenvalue weighted by Gasteiger charge is 2.30. The number of amides is 1. The van der Waals surface area contributed by atoms with Crippen molar-refractivity contribution < 1.29 is 9.18 Å². The molecular formula is C26H26FN5O. The van der Waals surface area contributed by atoms with Gasteiger partial charge in [-0.2, -0.15) is 5.10 Å². The number of aryl methyl sites for hydroxylation is 1. The Hall–Kier alpha value is -3.87.